The molecule has 110 valence electrons. The summed E-state index contributed by atoms with van der Waals surface area (Å²) in [6.07, 6.45) is 0.405. The Morgan fingerprint density at radius 2 is 1.85 bits per heavy atom. The van der Waals surface area contributed by atoms with Crippen LogP contribution in [0.15, 0.2) is 18.3 Å². The standard InChI is InChI=1S/C9H11ClN2O6P2/c10-6-1-2-8-11-5-9(20(16,17)18)12(8)7(6)3-4-19(13,14)15/h1-2,5H,3-4H2,(H2,13,14,15)(H2,16,17,18). The first kappa shape index (κ1) is 15.7. The molecule has 0 aliphatic carbocycles. The van der Waals surface area contributed by atoms with Crippen molar-refractivity contribution in [2.75, 3.05) is 6.16 Å². The van der Waals surface area contributed by atoms with E-state index >= 15 is 0 Å². The maximum atomic E-state index is 11.4. The van der Waals surface area contributed by atoms with Crippen molar-refractivity contribution in [2.45, 2.75) is 6.42 Å². The predicted octanol–water partition coefficient (Wildman–Crippen LogP) is 0.511. The van der Waals surface area contributed by atoms with E-state index in [0.717, 1.165) is 10.6 Å². The first-order chi connectivity index (χ1) is 9.09. The molecule has 0 aliphatic rings. The van der Waals surface area contributed by atoms with Crippen LogP contribution in [0.3, 0.4) is 0 Å². The molecule has 0 spiro atoms. The number of imidazole rings is 1. The highest BCUT2D eigenvalue weighted by Crippen LogP contribution is 2.37. The van der Waals surface area contributed by atoms with Gasteiger partial charge in [-0.05, 0) is 12.1 Å². The van der Waals surface area contributed by atoms with E-state index in [2.05, 4.69) is 4.98 Å². The Bertz CT molecular complexity index is 748. The van der Waals surface area contributed by atoms with Crippen LogP contribution >= 0.6 is 26.8 Å². The fourth-order valence-corrected chi connectivity index (χ4v) is 3.23. The summed E-state index contributed by atoms with van der Waals surface area (Å²) in [5.41, 5.74) is 0.0764. The van der Waals surface area contributed by atoms with E-state index in [1.165, 1.54) is 12.1 Å². The largest absolute Gasteiger partial charge is 0.374 e. The van der Waals surface area contributed by atoms with Crippen LogP contribution in [0.2, 0.25) is 5.02 Å². The SMILES string of the molecule is O=P(O)(O)CCc1c(Cl)ccc2ncc(P(=O)(O)O)n12. The van der Waals surface area contributed by atoms with Crippen molar-refractivity contribution in [1.29, 1.82) is 0 Å². The number of aryl methyl sites for hydroxylation is 1. The summed E-state index contributed by atoms with van der Waals surface area (Å²) >= 11 is 5.96. The highest BCUT2D eigenvalue weighted by Gasteiger charge is 2.25. The third-order valence-electron chi connectivity index (χ3n) is 2.63. The number of aromatic nitrogens is 2. The van der Waals surface area contributed by atoms with Gasteiger partial charge in [-0.25, -0.2) is 4.98 Å². The average molecular weight is 341 g/mol. The fourth-order valence-electron chi connectivity index (χ4n) is 1.79. The molecule has 0 atom stereocenters. The van der Waals surface area contributed by atoms with Crippen LogP contribution in [0.1, 0.15) is 5.69 Å². The van der Waals surface area contributed by atoms with Crippen molar-refractivity contribution in [1.82, 2.24) is 9.38 Å². The van der Waals surface area contributed by atoms with Gasteiger partial charge in [0.05, 0.1) is 17.4 Å². The van der Waals surface area contributed by atoms with Gasteiger partial charge in [0.2, 0.25) is 0 Å². The van der Waals surface area contributed by atoms with Crippen molar-refractivity contribution in [2.24, 2.45) is 0 Å². The topological polar surface area (TPSA) is 132 Å². The van der Waals surface area contributed by atoms with Gasteiger partial charge in [0.1, 0.15) is 5.65 Å². The molecule has 0 aromatic carbocycles. The summed E-state index contributed by atoms with van der Waals surface area (Å²) in [7, 11) is -8.83. The minimum Gasteiger partial charge on any atom is -0.324 e. The van der Waals surface area contributed by atoms with Gasteiger partial charge in [-0.15, -0.1) is 0 Å². The van der Waals surface area contributed by atoms with Gasteiger partial charge in [-0.2, -0.15) is 0 Å². The summed E-state index contributed by atoms with van der Waals surface area (Å²) in [5, 5.41) is 0.152. The van der Waals surface area contributed by atoms with E-state index in [9.17, 15) is 18.9 Å². The van der Waals surface area contributed by atoms with E-state index in [1.54, 1.807) is 0 Å². The van der Waals surface area contributed by atoms with Crippen LogP contribution in [-0.4, -0.2) is 35.1 Å². The minimum atomic E-state index is -4.58. The van der Waals surface area contributed by atoms with Gasteiger partial charge >= 0.3 is 15.2 Å². The Kier molecular flexibility index (Phi) is 4.10. The third kappa shape index (κ3) is 3.30. The van der Waals surface area contributed by atoms with E-state index in [-0.39, 0.29) is 28.2 Å². The molecule has 0 unspecified atom stereocenters. The second-order valence-corrected chi connectivity index (χ2v) is 7.85. The molecule has 2 aromatic heterocycles. The molecule has 2 aromatic rings. The molecule has 4 N–H and O–H groups in total. The zero-order valence-electron chi connectivity index (χ0n) is 9.92. The Balaban J connectivity index is 2.62. The number of pyridine rings is 1. The van der Waals surface area contributed by atoms with Crippen LogP contribution in [0.5, 0.6) is 0 Å². The summed E-state index contributed by atoms with van der Waals surface area (Å²) in [4.78, 5) is 40.2. The summed E-state index contributed by atoms with van der Waals surface area (Å²) in [5.74, 6) is 0. The molecule has 20 heavy (non-hydrogen) atoms. The zero-order valence-corrected chi connectivity index (χ0v) is 12.5. The maximum absolute atomic E-state index is 11.4. The summed E-state index contributed by atoms with van der Waals surface area (Å²) in [6.45, 7) is 0. The maximum Gasteiger partial charge on any atom is 0.374 e. The molecule has 0 radical (unpaired) electrons. The van der Waals surface area contributed by atoms with Gasteiger partial charge < -0.3 is 19.6 Å². The molecule has 0 fully saturated rings. The number of hydrogen-bond acceptors (Lipinski definition) is 3. The molecule has 0 saturated carbocycles. The van der Waals surface area contributed by atoms with E-state index in [4.69, 9.17) is 21.4 Å². The highest BCUT2D eigenvalue weighted by molar-refractivity contribution is 7.60. The van der Waals surface area contributed by atoms with Crippen LogP contribution < -0.4 is 5.44 Å². The highest BCUT2D eigenvalue weighted by atomic mass is 35.5. The van der Waals surface area contributed by atoms with Gasteiger partial charge in [-0.1, -0.05) is 11.6 Å². The second kappa shape index (κ2) is 5.24. The Morgan fingerprint density at radius 1 is 1.20 bits per heavy atom. The number of hydrogen-bond donors (Lipinski definition) is 4. The lowest BCUT2D eigenvalue weighted by molar-refractivity contribution is 0.372. The van der Waals surface area contributed by atoms with Crippen molar-refractivity contribution in [3.05, 3.63) is 29.0 Å². The van der Waals surface area contributed by atoms with Crippen molar-refractivity contribution in [3.8, 4) is 0 Å². The Hall–Kier alpha value is -0.720. The van der Waals surface area contributed by atoms with E-state index < -0.39 is 21.4 Å². The molecular weight excluding hydrogens is 330 g/mol. The first-order valence-electron chi connectivity index (χ1n) is 5.35. The molecular formula is C9H11ClN2O6P2. The van der Waals surface area contributed by atoms with E-state index in [1.807, 2.05) is 0 Å². The van der Waals surface area contributed by atoms with Crippen molar-refractivity contribution >= 4 is 37.9 Å². The quantitative estimate of drug-likeness (QED) is 0.596. The number of halogens is 1. The van der Waals surface area contributed by atoms with Gasteiger partial charge in [0.15, 0.2) is 5.44 Å². The second-order valence-electron chi connectivity index (χ2n) is 4.12. The van der Waals surface area contributed by atoms with Crippen LogP contribution in [0.4, 0.5) is 0 Å². The first-order valence-corrected chi connectivity index (χ1v) is 9.14. The number of nitrogens with zero attached hydrogens (tertiary/aromatic N) is 2. The minimum absolute atomic E-state index is 0.135. The number of fused-ring (bicyclic) bond motifs is 1. The molecule has 0 aliphatic heterocycles. The number of rotatable bonds is 4. The summed E-state index contributed by atoms with van der Waals surface area (Å²) < 4.78 is 23.5. The third-order valence-corrected chi connectivity index (χ3v) is 4.70. The van der Waals surface area contributed by atoms with Crippen LogP contribution in [0.25, 0.3) is 5.65 Å². The van der Waals surface area contributed by atoms with Crippen molar-refractivity contribution in [3.63, 3.8) is 0 Å². The zero-order chi connectivity index (χ0) is 15.1. The van der Waals surface area contributed by atoms with E-state index in [0.29, 0.717) is 0 Å². The van der Waals surface area contributed by atoms with Crippen molar-refractivity contribution < 1.29 is 28.7 Å². The molecule has 0 bridgehead atoms. The lowest BCUT2D eigenvalue weighted by Gasteiger charge is -2.12. The van der Waals surface area contributed by atoms with Crippen LogP contribution in [-0.2, 0) is 15.6 Å². The van der Waals surface area contributed by atoms with Gasteiger partial charge in [0.25, 0.3) is 0 Å². The Morgan fingerprint density at radius 3 is 2.40 bits per heavy atom. The Labute approximate surface area is 118 Å². The fraction of sp³-hybridized carbons (Fsp3) is 0.222. The predicted molar refractivity (Wildman–Crippen MR) is 72.5 cm³/mol. The lowest BCUT2D eigenvalue weighted by Crippen LogP contribution is -2.15. The van der Waals surface area contributed by atoms with Gasteiger partial charge in [-0.3, -0.25) is 13.5 Å². The molecule has 11 heteroatoms. The molecule has 2 heterocycles. The molecule has 0 amide bonds. The average Bonchev–Trinajstić information content (AvgIpc) is 2.69. The smallest absolute Gasteiger partial charge is 0.324 e. The van der Waals surface area contributed by atoms with Gasteiger partial charge in [0, 0.05) is 12.1 Å². The molecule has 0 saturated heterocycles. The lowest BCUT2D eigenvalue weighted by atomic mass is 10.3. The molecule has 2 rings (SSSR count). The normalized spacial score (nSPS) is 13.1. The van der Waals surface area contributed by atoms with Crippen LogP contribution in [0, 0.1) is 0 Å². The summed E-state index contributed by atoms with van der Waals surface area (Å²) in [6, 6.07) is 2.92. The monoisotopic (exact) mass is 340 g/mol. The molecule has 8 nitrogen and oxygen atoms in total.